The van der Waals surface area contributed by atoms with Gasteiger partial charge in [0, 0.05) is 94.2 Å². The molecule has 3 N–H and O–H groups in total. The SMILES string of the molecule is CCc1nc2c(cnn2CC)c(NC2CCOCC2)c1CNC(=O)CCCC(=O)NCc1ccc(F)c(-c2cccc(CN3CCC(N4CCOCC4)CC3)c2)c1. The van der Waals surface area contributed by atoms with Crippen LogP contribution < -0.4 is 16.0 Å². The number of aryl methyl sites for hydroxylation is 2. The molecule has 4 aromatic rings. The molecule has 12 nitrogen and oxygen atoms in total. The lowest BCUT2D eigenvalue weighted by Crippen LogP contribution is -2.48. The molecule has 7 rings (SSSR count). The van der Waals surface area contributed by atoms with E-state index < -0.39 is 0 Å². The Bertz CT molecular complexity index is 1970. The number of benzene rings is 2. The van der Waals surface area contributed by atoms with Crippen molar-refractivity contribution in [3.63, 3.8) is 0 Å². The first-order valence-corrected chi connectivity index (χ1v) is 21.0. The number of aromatic nitrogens is 3. The standard InChI is InChI=1S/C44H59FN8O4/c1-3-40-37(43(49-34-15-21-56-22-16-34)38-29-48-53(4-2)44(38)50-40)28-47-42(55)10-6-9-41(54)46-27-31-11-12-39(45)36(26-31)33-8-5-7-32(25-33)30-51-17-13-35(14-18-51)52-19-23-57-24-20-52/h5,7-8,11-12,25-26,29,34-35H,3-4,6,9-10,13-24,27-28,30H2,1-2H3,(H,46,54)(H,47,55)(H,49,50). The summed E-state index contributed by atoms with van der Waals surface area (Å²) in [5.41, 5.74) is 7.07. The number of hydrogen-bond donors (Lipinski definition) is 3. The monoisotopic (exact) mass is 782 g/mol. The Morgan fingerprint density at radius 1 is 0.860 bits per heavy atom. The molecule has 0 unspecified atom stereocenters. The van der Waals surface area contributed by atoms with Gasteiger partial charge < -0.3 is 25.4 Å². The minimum Gasteiger partial charge on any atom is -0.381 e. The number of piperidine rings is 1. The van der Waals surface area contributed by atoms with E-state index in [4.69, 9.17) is 14.5 Å². The van der Waals surface area contributed by atoms with Gasteiger partial charge in [0.2, 0.25) is 11.8 Å². The zero-order chi connectivity index (χ0) is 39.6. The number of hydrogen-bond acceptors (Lipinski definition) is 9. The van der Waals surface area contributed by atoms with Gasteiger partial charge in [0.1, 0.15) is 5.82 Å². The average molecular weight is 783 g/mol. The summed E-state index contributed by atoms with van der Waals surface area (Å²) in [6.45, 7) is 13.6. The molecule has 0 atom stereocenters. The highest BCUT2D eigenvalue weighted by molar-refractivity contribution is 5.92. The Kier molecular flexibility index (Phi) is 14.2. The number of pyridine rings is 1. The molecule has 2 amide bonds. The summed E-state index contributed by atoms with van der Waals surface area (Å²) in [6.07, 6.45) is 7.58. The number of ether oxygens (including phenoxy) is 2. The molecule has 0 radical (unpaired) electrons. The minimum absolute atomic E-state index is 0.117. The number of nitrogens with one attached hydrogen (secondary N) is 3. The van der Waals surface area contributed by atoms with Gasteiger partial charge in [0.05, 0.1) is 30.5 Å². The van der Waals surface area contributed by atoms with Crippen molar-refractivity contribution in [2.75, 3.05) is 57.9 Å². The van der Waals surface area contributed by atoms with Crippen LogP contribution in [-0.4, -0.2) is 101 Å². The summed E-state index contributed by atoms with van der Waals surface area (Å²) in [5, 5.41) is 15.3. The molecule has 13 heteroatoms. The van der Waals surface area contributed by atoms with Gasteiger partial charge in [-0.05, 0) is 93.4 Å². The van der Waals surface area contributed by atoms with Crippen molar-refractivity contribution in [1.82, 2.24) is 35.2 Å². The lowest BCUT2D eigenvalue weighted by molar-refractivity contribution is -0.122. The molecule has 3 saturated heterocycles. The van der Waals surface area contributed by atoms with Gasteiger partial charge in [0.25, 0.3) is 0 Å². The fraction of sp³-hybridized carbons (Fsp3) is 0.545. The molecule has 0 saturated carbocycles. The van der Waals surface area contributed by atoms with Crippen molar-refractivity contribution < 1.29 is 23.5 Å². The number of morpholine rings is 1. The molecule has 57 heavy (non-hydrogen) atoms. The van der Waals surface area contributed by atoms with E-state index in [-0.39, 0.29) is 43.1 Å². The van der Waals surface area contributed by atoms with Crippen molar-refractivity contribution >= 4 is 28.5 Å². The number of carbonyl (C=O) groups is 2. The molecule has 0 aliphatic carbocycles. The fourth-order valence-corrected chi connectivity index (χ4v) is 8.46. The smallest absolute Gasteiger partial charge is 0.220 e. The largest absolute Gasteiger partial charge is 0.381 e. The number of carbonyl (C=O) groups excluding carboxylic acids is 2. The predicted molar refractivity (Wildman–Crippen MR) is 220 cm³/mol. The molecule has 306 valence electrons. The second-order valence-corrected chi connectivity index (χ2v) is 15.6. The first-order chi connectivity index (χ1) is 27.9. The normalized spacial score (nSPS) is 17.5. The predicted octanol–water partition coefficient (Wildman–Crippen LogP) is 5.81. The fourth-order valence-electron chi connectivity index (χ4n) is 8.46. The lowest BCUT2D eigenvalue weighted by atomic mass is 9.99. The van der Waals surface area contributed by atoms with Crippen molar-refractivity contribution in [2.45, 2.75) is 103 Å². The zero-order valence-corrected chi connectivity index (χ0v) is 33.7. The molecule has 2 aromatic carbocycles. The van der Waals surface area contributed by atoms with E-state index in [1.807, 2.05) is 29.1 Å². The third-order valence-electron chi connectivity index (χ3n) is 11.7. The number of rotatable bonds is 16. The summed E-state index contributed by atoms with van der Waals surface area (Å²) in [4.78, 5) is 35.9. The number of anilines is 1. The summed E-state index contributed by atoms with van der Waals surface area (Å²) in [7, 11) is 0. The summed E-state index contributed by atoms with van der Waals surface area (Å²) in [5.74, 6) is -0.551. The highest BCUT2D eigenvalue weighted by atomic mass is 19.1. The third kappa shape index (κ3) is 10.6. The van der Waals surface area contributed by atoms with Gasteiger partial charge in [-0.3, -0.25) is 19.4 Å². The van der Waals surface area contributed by atoms with E-state index in [2.05, 4.69) is 56.8 Å². The lowest BCUT2D eigenvalue weighted by Gasteiger charge is -2.40. The van der Waals surface area contributed by atoms with Gasteiger partial charge in [-0.15, -0.1) is 0 Å². The van der Waals surface area contributed by atoms with E-state index in [1.54, 1.807) is 6.07 Å². The van der Waals surface area contributed by atoms with E-state index >= 15 is 4.39 Å². The number of halogens is 1. The van der Waals surface area contributed by atoms with Crippen molar-refractivity contribution in [3.05, 3.63) is 76.9 Å². The molecular formula is C44H59FN8O4. The summed E-state index contributed by atoms with van der Waals surface area (Å²) < 4.78 is 28.2. The van der Waals surface area contributed by atoms with Gasteiger partial charge in [-0.25, -0.2) is 14.1 Å². The topological polar surface area (TPSA) is 126 Å². The van der Waals surface area contributed by atoms with Crippen LogP contribution in [0.4, 0.5) is 10.1 Å². The maximum atomic E-state index is 15.2. The highest BCUT2D eigenvalue weighted by Gasteiger charge is 2.26. The second kappa shape index (κ2) is 19.8. The Morgan fingerprint density at radius 2 is 1.60 bits per heavy atom. The van der Waals surface area contributed by atoms with Gasteiger partial charge in [0.15, 0.2) is 5.65 Å². The van der Waals surface area contributed by atoms with Crippen LogP contribution in [0.15, 0.2) is 48.7 Å². The van der Waals surface area contributed by atoms with E-state index in [0.29, 0.717) is 24.6 Å². The molecular weight excluding hydrogens is 724 g/mol. The maximum absolute atomic E-state index is 15.2. The number of likely N-dealkylation sites (tertiary alicyclic amines) is 1. The molecule has 3 aliphatic rings. The Morgan fingerprint density at radius 3 is 2.33 bits per heavy atom. The maximum Gasteiger partial charge on any atom is 0.220 e. The number of nitrogens with zero attached hydrogens (tertiary/aromatic N) is 5. The van der Waals surface area contributed by atoms with E-state index in [9.17, 15) is 9.59 Å². The quantitative estimate of drug-likeness (QED) is 0.129. The Labute approximate surface area is 335 Å². The van der Waals surface area contributed by atoms with Gasteiger partial charge in [-0.2, -0.15) is 5.10 Å². The zero-order valence-electron chi connectivity index (χ0n) is 33.7. The van der Waals surface area contributed by atoms with Crippen LogP contribution >= 0.6 is 0 Å². The number of fused-ring (bicyclic) bond motifs is 1. The van der Waals surface area contributed by atoms with Crippen LogP contribution in [0.3, 0.4) is 0 Å². The molecule has 3 fully saturated rings. The molecule has 5 heterocycles. The van der Waals surface area contributed by atoms with Crippen LogP contribution in [0.5, 0.6) is 0 Å². The van der Waals surface area contributed by atoms with E-state index in [0.717, 1.165) is 137 Å². The minimum atomic E-state index is -0.288. The summed E-state index contributed by atoms with van der Waals surface area (Å²) in [6, 6.07) is 14.1. The van der Waals surface area contributed by atoms with Gasteiger partial charge in [-0.1, -0.05) is 31.2 Å². The second-order valence-electron chi connectivity index (χ2n) is 15.6. The third-order valence-corrected chi connectivity index (χ3v) is 11.7. The summed E-state index contributed by atoms with van der Waals surface area (Å²) >= 11 is 0. The van der Waals surface area contributed by atoms with Crippen molar-refractivity contribution in [1.29, 1.82) is 0 Å². The van der Waals surface area contributed by atoms with Crippen LogP contribution in [0.25, 0.3) is 22.2 Å². The Balaban J connectivity index is 0.882. The molecule has 0 bridgehead atoms. The average Bonchev–Trinajstić information content (AvgIpc) is 3.67. The Hall–Kier alpha value is -4.43. The van der Waals surface area contributed by atoms with Crippen molar-refractivity contribution in [2.24, 2.45) is 0 Å². The highest BCUT2D eigenvalue weighted by Crippen LogP contribution is 2.32. The first-order valence-electron chi connectivity index (χ1n) is 21.0. The van der Waals surface area contributed by atoms with E-state index in [1.165, 1.54) is 11.6 Å². The first kappa shape index (κ1) is 40.8. The van der Waals surface area contributed by atoms with Crippen LogP contribution in [0.1, 0.15) is 81.2 Å². The van der Waals surface area contributed by atoms with Crippen LogP contribution in [0.2, 0.25) is 0 Å². The van der Waals surface area contributed by atoms with Crippen LogP contribution in [0, 0.1) is 5.82 Å². The van der Waals surface area contributed by atoms with Crippen molar-refractivity contribution in [3.8, 4) is 11.1 Å². The molecule has 3 aliphatic heterocycles. The molecule has 0 spiro atoms. The number of amides is 2. The van der Waals surface area contributed by atoms with Crippen LogP contribution in [-0.2, 0) is 51.7 Å². The van der Waals surface area contributed by atoms with Gasteiger partial charge >= 0.3 is 0 Å². The molecule has 2 aromatic heterocycles.